The van der Waals surface area contributed by atoms with Crippen LogP contribution in [0.3, 0.4) is 0 Å². The first-order valence-corrected chi connectivity index (χ1v) is 7.90. The van der Waals surface area contributed by atoms with Gasteiger partial charge >= 0.3 is 0 Å². The second-order valence-electron chi connectivity index (χ2n) is 5.40. The maximum absolute atomic E-state index is 6.29. The van der Waals surface area contributed by atoms with Gasteiger partial charge in [-0.3, -0.25) is 0 Å². The molecule has 0 atom stereocenters. The summed E-state index contributed by atoms with van der Waals surface area (Å²) in [6, 6.07) is 11.3. The molecule has 2 aromatic carbocycles. The van der Waals surface area contributed by atoms with Gasteiger partial charge in [-0.1, -0.05) is 23.2 Å². The van der Waals surface area contributed by atoms with Crippen molar-refractivity contribution in [1.29, 1.82) is 0 Å². The molecule has 116 valence electrons. The number of piperazine rings is 1. The lowest BCUT2D eigenvalue weighted by Gasteiger charge is -2.38. The molecular formula is C16H18Cl2N4. The van der Waals surface area contributed by atoms with Crippen molar-refractivity contribution in [3.63, 3.8) is 0 Å². The SMILES string of the molecule is Nc1ccc(N2CCN(c3ccc(N)cc3Cl)CC2)c(Cl)c1. The van der Waals surface area contributed by atoms with E-state index >= 15 is 0 Å². The van der Waals surface area contributed by atoms with Crippen LogP contribution in [0.1, 0.15) is 0 Å². The monoisotopic (exact) mass is 336 g/mol. The Hall–Kier alpha value is -1.78. The minimum atomic E-state index is 0.682. The van der Waals surface area contributed by atoms with Crippen LogP contribution in [0.4, 0.5) is 22.7 Å². The summed E-state index contributed by atoms with van der Waals surface area (Å²) in [6.07, 6.45) is 0. The van der Waals surface area contributed by atoms with Crippen molar-refractivity contribution in [3.05, 3.63) is 46.4 Å². The van der Waals surface area contributed by atoms with Gasteiger partial charge in [-0.25, -0.2) is 0 Å². The fourth-order valence-electron chi connectivity index (χ4n) is 2.75. The molecule has 6 heteroatoms. The number of nitrogen functional groups attached to an aromatic ring is 2. The molecule has 0 bridgehead atoms. The van der Waals surface area contributed by atoms with E-state index in [1.165, 1.54) is 0 Å². The Labute approximate surface area is 140 Å². The fraction of sp³-hybridized carbons (Fsp3) is 0.250. The predicted octanol–water partition coefficient (Wildman–Crippen LogP) is 3.48. The summed E-state index contributed by atoms with van der Waals surface area (Å²) in [5.41, 5.74) is 14.9. The van der Waals surface area contributed by atoms with Crippen LogP contribution in [-0.2, 0) is 0 Å². The molecule has 0 radical (unpaired) electrons. The smallest absolute Gasteiger partial charge is 0.0660 e. The van der Waals surface area contributed by atoms with E-state index in [0.717, 1.165) is 37.6 Å². The van der Waals surface area contributed by atoms with E-state index in [0.29, 0.717) is 21.4 Å². The maximum Gasteiger partial charge on any atom is 0.0660 e. The summed E-state index contributed by atoms with van der Waals surface area (Å²) in [5.74, 6) is 0. The number of halogens is 2. The van der Waals surface area contributed by atoms with Gasteiger partial charge in [0.05, 0.1) is 21.4 Å². The van der Waals surface area contributed by atoms with Crippen molar-refractivity contribution in [3.8, 4) is 0 Å². The zero-order valence-corrected chi connectivity index (χ0v) is 13.6. The standard InChI is InChI=1S/C16H18Cl2N4/c17-13-9-11(19)1-3-15(13)21-5-7-22(8-6-21)16-4-2-12(20)10-14(16)18/h1-4,9-10H,5-8,19-20H2. The van der Waals surface area contributed by atoms with Crippen molar-refractivity contribution in [2.24, 2.45) is 0 Å². The van der Waals surface area contributed by atoms with Gasteiger partial charge in [0.2, 0.25) is 0 Å². The third-order valence-corrected chi connectivity index (χ3v) is 4.51. The molecule has 1 aliphatic rings. The number of nitrogens with two attached hydrogens (primary N) is 2. The highest BCUT2D eigenvalue weighted by Crippen LogP contribution is 2.32. The summed E-state index contributed by atoms with van der Waals surface area (Å²) in [4.78, 5) is 4.53. The van der Waals surface area contributed by atoms with E-state index in [9.17, 15) is 0 Å². The first-order valence-electron chi connectivity index (χ1n) is 7.14. The Balaban J connectivity index is 1.72. The van der Waals surface area contributed by atoms with E-state index in [1.807, 2.05) is 24.3 Å². The third kappa shape index (κ3) is 3.03. The molecule has 1 heterocycles. The highest BCUT2D eigenvalue weighted by Gasteiger charge is 2.20. The average Bonchev–Trinajstić information content (AvgIpc) is 2.48. The number of rotatable bonds is 2. The first kappa shape index (κ1) is 15.1. The summed E-state index contributed by atoms with van der Waals surface area (Å²) in [6.45, 7) is 3.52. The number of benzene rings is 2. The number of anilines is 4. The van der Waals surface area contributed by atoms with E-state index < -0.39 is 0 Å². The van der Waals surface area contributed by atoms with Gasteiger partial charge in [0, 0.05) is 37.6 Å². The molecule has 2 aromatic rings. The van der Waals surface area contributed by atoms with Crippen molar-refractivity contribution >= 4 is 46.0 Å². The maximum atomic E-state index is 6.29. The van der Waals surface area contributed by atoms with E-state index in [4.69, 9.17) is 34.7 Å². The van der Waals surface area contributed by atoms with Gasteiger partial charge in [-0.2, -0.15) is 0 Å². The van der Waals surface area contributed by atoms with Gasteiger partial charge in [-0.05, 0) is 36.4 Å². The van der Waals surface area contributed by atoms with Crippen molar-refractivity contribution in [2.75, 3.05) is 47.4 Å². The van der Waals surface area contributed by atoms with Crippen LogP contribution >= 0.6 is 23.2 Å². The van der Waals surface area contributed by atoms with Crippen LogP contribution < -0.4 is 21.3 Å². The molecule has 0 aliphatic carbocycles. The predicted molar refractivity (Wildman–Crippen MR) is 96.2 cm³/mol. The van der Waals surface area contributed by atoms with E-state index in [1.54, 1.807) is 12.1 Å². The Bertz CT molecular complexity index is 622. The topological polar surface area (TPSA) is 58.5 Å². The highest BCUT2D eigenvalue weighted by molar-refractivity contribution is 6.34. The molecule has 0 spiro atoms. The molecule has 22 heavy (non-hydrogen) atoms. The van der Waals surface area contributed by atoms with Crippen LogP contribution in [-0.4, -0.2) is 26.2 Å². The molecule has 1 fully saturated rings. The summed E-state index contributed by atoms with van der Waals surface area (Å²) < 4.78 is 0. The third-order valence-electron chi connectivity index (χ3n) is 3.90. The molecule has 3 rings (SSSR count). The summed E-state index contributed by atoms with van der Waals surface area (Å²) in [7, 11) is 0. The highest BCUT2D eigenvalue weighted by atomic mass is 35.5. The van der Waals surface area contributed by atoms with Crippen LogP contribution in [0.5, 0.6) is 0 Å². The van der Waals surface area contributed by atoms with Gasteiger partial charge in [0.15, 0.2) is 0 Å². The quantitative estimate of drug-likeness (QED) is 0.824. The fourth-order valence-corrected chi connectivity index (χ4v) is 3.36. The van der Waals surface area contributed by atoms with Crippen LogP contribution in [0.25, 0.3) is 0 Å². The number of hydrogen-bond acceptors (Lipinski definition) is 4. The minimum absolute atomic E-state index is 0.682. The average molecular weight is 337 g/mol. The molecular weight excluding hydrogens is 319 g/mol. The number of nitrogens with zero attached hydrogens (tertiary/aromatic N) is 2. The molecule has 0 saturated carbocycles. The van der Waals surface area contributed by atoms with Crippen LogP contribution in [0.2, 0.25) is 10.0 Å². The van der Waals surface area contributed by atoms with Gasteiger partial charge in [0.1, 0.15) is 0 Å². The first-order chi connectivity index (χ1) is 10.5. The van der Waals surface area contributed by atoms with Crippen LogP contribution in [0, 0.1) is 0 Å². The molecule has 0 unspecified atom stereocenters. The zero-order valence-electron chi connectivity index (χ0n) is 12.1. The lowest BCUT2D eigenvalue weighted by molar-refractivity contribution is 0.654. The lowest BCUT2D eigenvalue weighted by atomic mass is 10.2. The molecule has 4 N–H and O–H groups in total. The number of hydrogen-bond donors (Lipinski definition) is 2. The van der Waals surface area contributed by atoms with Gasteiger partial charge in [-0.15, -0.1) is 0 Å². The lowest BCUT2D eigenvalue weighted by Crippen LogP contribution is -2.46. The molecule has 1 saturated heterocycles. The summed E-state index contributed by atoms with van der Waals surface area (Å²) >= 11 is 12.6. The minimum Gasteiger partial charge on any atom is -0.399 e. The molecule has 0 aromatic heterocycles. The molecule has 1 aliphatic heterocycles. The normalized spacial score (nSPS) is 15.2. The van der Waals surface area contributed by atoms with Gasteiger partial charge in [0.25, 0.3) is 0 Å². The van der Waals surface area contributed by atoms with E-state index in [-0.39, 0.29) is 0 Å². The summed E-state index contributed by atoms with van der Waals surface area (Å²) in [5, 5.41) is 1.39. The van der Waals surface area contributed by atoms with Crippen molar-refractivity contribution < 1.29 is 0 Å². The second-order valence-corrected chi connectivity index (χ2v) is 6.21. The largest absolute Gasteiger partial charge is 0.399 e. The van der Waals surface area contributed by atoms with E-state index in [2.05, 4.69) is 9.80 Å². The Morgan fingerprint density at radius 3 is 1.36 bits per heavy atom. The Morgan fingerprint density at radius 2 is 1.05 bits per heavy atom. The zero-order chi connectivity index (χ0) is 15.7. The van der Waals surface area contributed by atoms with Crippen LogP contribution in [0.15, 0.2) is 36.4 Å². The Morgan fingerprint density at radius 1 is 0.682 bits per heavy atom. The Kier molecular flexibility index (Phi) is 4.23. The second kappa shape index (κ2) is 6.15. The van der Waals surface area contributed by atoms with Crippen molar-refractivity contribution in [1.82, 2.24) is 0 Å². The molecule has 0 amide bonds. The van der Waals surface area contributed by atoms with Gasteiger partial charge < -0.3 is 21.3 Å². The molecule has 4 nitrogen and oxygen atoms in total. The van der Waals surface area contributed by atoms with Crippen molar-refractivity contribution in [2.45, 2.75) is 0 Å².